The van der Waals surface area contributed by atoms with Gasteiger partial charge in [0.2, 0.25) is 0 Å². The molecular weight excluding hydrogens is 252 g/mol. The van der Waals surface area contributed by atoms with E-state index in [0.717, 1.165) is 11.3 Å². The van der Waals surface area contributed by atoms with Gasteiger partial charge in [0.25, 0.3) is 0 Å². The molecule has 4 nitrogen and oxygen atoms in total. The van der Waals surface area contributed by atoms with Crippen molar-refractivity contribution in [3.63, 3.8) is 0 Å². The van der Waals surface area contributed by atoms with E-state index in [1.807, 2.05) is 19.9 Å². The Labute approximate surface area is 112 Å². The summed E-state index contributed by atoms with van der Waals surface area (Å²) in [6.07, 6.45) is 0.484. The van der Waals surface area contributed by atoms with Crippen LogP contribution in [0.5, 0.6) is 0 Å². The van der Waals surface area contributed by atoms with E-state index in [4.69, 9.17) is 22.1 Å². The number of aryl methyl sites for hydroxylation is 1. The summed E-state index contributed by atoms with van der Waals surface area (Å²) >= 11 is 5.99. The molecule has 4 N–H and O–H groups in total. The number of nitrogen functional groups attached to an aromatic ring is 1. The molecule has 1 aromatic rings. The molecule has 0 saturated carbocycles. The second kappa shape index (κ2) is 4.96. The van der Waals surface area contributed by atoms with E-state index in [9.17, 15) is 5.11 Å². The summed E-state index contributed by atoms with van der Waals surface area (Å²) in [7, 11) is 0. The molecule has 2 rings (SSSR count). The third-order valence-corrected chi connectivity index (χ3v) is 3.92. The molecule has 1 aliphatic heterocycles. The zero-order valence-electron chi connectivity index (χ0n) is 10.7. The maximum atomic E-state index is 10.4. The van der Waals surface area contributed by atoms with E-state index in [0.29, 0.717) is 30.3 Å². The highest BCUT2D eigenvalue weighted by Crippen LogP contribution is 2.29. The maximum absolute atomic E-state index is 10.4. The van der Waals surface area contributed by atoms with Gasteiger partial charge in [-0.25, -0.2) is 0 Å². The summed E-state index contributed by atoms with van der Waals surface area (Å²) < 4.78 is 5.39. The molecule has 0 spiro atoms. The van der Waals surface area contributed by atoms with E-state index < -0.39 is 5.60 Å². The molecule has 0 bridgehead atoms. The van der Waals surface area contributed by atoms with Gasteiger partial charge in [0.05, 0.1) is 16.8 Å². The number of hydrogen-bond acceptors (Lipinski definition) is 4. The van der Waals surface area contributed by atoms with Gasteiger partial charge in [0.1, 0.15) is 5.60 Å². The van der Waals surface area contributed by atoms with Gasteiger partial charge in [-0.15, -0.1) is 0 Å². The number of nitrogens with two attached hydrogens (primary N) is 1. The largest absolute Gasteiger partial charge is 0.398 e. The van der Waals surface area contributed by atoms with Gasteiger partial charge < -0.3 is 20.9 Å². The molecule has 0 aromatic heterocycles. The summed E-state index contributed by atoms with van der Waals surface area (Å²) in [5, 5.41) is 14.1. The number of rotatable bonds is 3. The Morgan fingerprint density at radius 2 is 2.33 bits per heavy atom. The molecule has 0 aliphatic carbocycles. The summed E-state index contributed by atoms with van der Waals surface area (Å²) in [6, 6.07) is 3.61. The highest BCUT2D eigenvalue weighted by atomic mass is 35.5. The average molecular weight is 271 g/mol. The number of hydrogen-bond donors (Lipinski definition) is 3. The second-order valence-corrected chi connectivity index (χ2v) is 5.32. The first-order valence-corrected chi connectivity index (χ1v) is 6.43. The first-order chi connectivity index (χ1) is 8.42. The number of benzene rings is 1. The number of halogens is 1. The quantitative estimate of drug-likeness (QED) is 0.737. The van der Waals surface area contributed by atoms with E-state index in [-0.39, 0.29) is 6.10 Å². The second-order valence-electron chi connectivity index (χ2n) is 4.91. The number of aliphatic hydroxyl groups is 1. The van der Waals surface area contributed by atoms with Crippen molar-refractivity contribution in [3.05, 3.63) is 22.7 Å². The van der Waals surface area contributed by atoms with Crippen molar-refractivity contribution in [3.8, 4) is 0 Å². The average Bonchev–Trinajstić information content (AvgIpc) is 2.63. The Hall–Kier alpha value is -0.970. The summed E-state index contributed by atoms with van der Waals surface area (Å²) in [5.74, 6) is 0. The van der Waals surface area contributed by atoms with E-state index in [1.165, 1.54) is 0 Å². The minimum absolute atomic E-state index is 0.158. The molecule has 2 unspecified atom stereocenters. The number of anilines is 2. The molecule has 0 radical (unpaired) electrons. The third-order valence-electron chi connectivity index (χ3n) is 3.59. The highest BCUT2D eigenvalue weighted by Gasteiger charge is 2.39. The van der Waals surface area contributed by atoms with Gasteiger partial charge in [-0.05, 0) is 31.5 Å². The summed E-state index contributed by atoms with van der Waals surface area (Å²) in [4.78, 5) is 0. The van der Waals surface area contributed by atoms with Gasteiger partial charge in [-0.3, -0.25) is 0 Å². The van der Waals surface area contributed by atoms with E-state index >= 15 is 0 Å². The fourth-order valence-electron chi connectivity index (χ4n) is 2.15. The van der Waals surface area contributed by atoms with Crippen LogP contribution >= 0.6 is 11.6 Å². The summed E-state index contributed by atoms with van der Waals surface area (Å²) in [6.45, 7) is 4.88. The van der Waals surface area contributed by atoms with Crippen molar-refractivity contribution >= 4 is 23.0 Å². The monoisotopic (exact) mass is 270 g/mol. The first kappa shape index (κ1) is 13.5. The van der Waals surface area contributed by atoms with Crippen molar-refractivity contribution in [1.29, 1.82) is 0 Å². The molecule has 100 valence electrons. The SMILES string of the molecule is Cc1cc(N)c(Cl)cc1NCC1(O)CCOC1C. The molecule has 5 heteroatoms. The lowest BCUT2D eigenvalue weighted by Gasteiger charge is -2.27. The predicted molar refractivity (Wildman–Crippen MR) is 74.1 cm³/mol. The molecule has 1 saturated heterocycles. The van der Waals surface area contributed by atoms with Crippen LogP contribution in [-0.2, 0) is 4.74 Å². The Bertz CT molecular complexity index is 453. The van der Waals surface area contributed by atoms with Crippen molar-refractivity contribution in [2.75, 3.05) is 24.2 Å². The van der Waals surface area contributed by atoms with Crippen LogP contribution in [0.25, 0.3) is 0 Å². The first-order valence-electron chi connectivity index (χ1n) is 6.06. The van der Waals surface area contributed by atoms with Crippen molar-refractivity contribution in [1.82, 2.24) is 0 Å². The zero-order chi connectivity index (χ0) is 13.3. The van der Waals surface area contributed by atoms with Crippen LogP contribution in [0, 0.1) is 6.92 Å². The fourth-order valence-corrected chi connectivity index (χ4v) is 2.31. The Balaban J connectivity index is 2.09. The molecule has 0 amide bonds. The van der Waals surface area contributed by atoms with Crippen molar-refractivity contribution in [2.45, 2.75) is 32.0 Å². The van der Waals surface area contributed by atoms with Crippen molar-refractivity contribution in [2.24, 2.45) is 0 Å². The van der Waals surface area contributed by atoms with E-state index in [1.54, 1.807) is 6.07 Å². The third kappa shape index (κ3) is 2.55. The van der Waals surface area contributed by atoms with Crippen LogP contribution in [0.3, 0.4) is 0 Å². The number of ether oxygens (including phenoxy) is 1. The van der Waals surface area contributed by atoms with Crippen LogP contribution in [0.2, 0.25) is 5.02 Å². The lowest BCUT2D eigenvalue weighted by Crippen LogP contribution is -2.43. The summed E-state index contributed by atoms with van der Waals surface area (Å²) in [5.41, 5.74) is 7.37. The molecule has 1 aromatic carbocycles. The van der Waals surface area contributed by atoms with Crippen LogP contribution < -0.4 is 11.1 Å². The Morgan fingerprint density at radius 1 is 1.61 bits per heavy atom. The molecule has 1 heterocycles. The standard InChI is InChI=1S/C13H19ClN2O2/c1-8-5-11(15)10(14)6-12(8)16-7-13(17)3-4-18-9(13)2/h5-6,9,16-17H,3-4,7,15H2,1-2H3. The lowest BCUT2D eigenvalue weighted by atomic mass is 9.96. The maximum Gasteiger partial charge on any atom is 0.110 e. The normalized spacial score (nSPS) is 27.4. The highest BCUT2D eigenvalue weighted by molar-refractivity contribution is 6.33. The van der Waals surface area contributed by atoms with Gasteiger partial charge >= 0.3 is 0 Å². The van der Waals surface area contributed by atoms with E-state index in [2.05, 4.69) is 5.32 Å². The fraction of sp³-hybridized carbons (Fsp3) is 0.538. The van der Waals surface area contributed by atoms with Crippen LogP contribution in [0.15, 0.2) is 12.1 Å². The number of nitrogens with one attached hydrogen (secondary N) is 1. The zero-order valence-corrected chi connectivity index (χ0v) is 11.4. The van der Waals surface area contributed by atoms with Crippen molar-refractivity contribution < 1.29 is 9.84 Å². The minimum atomic E-state index is -0.819. The topological polar surface area (TPSA) is 67.5 Å². The Morgan fingerprint density at radius 3 is 2.94 bits per heavy atom. The molecule has 1 aliphatic rings. The van der Waals surface area contributed by atoms with Crippen LogP contribution in [0.4, 0.5) is 11.4 Å². The minimum Gasteiger partial charge on any atom is -0.398 e. The van der Waals surface area contributed by atoms with Crippen LogP contribution in [-0.4, -0.2) is 30.0 Å². The van der Waals surface area contributed by atoms with Gasteiger partial charge in [0.15, 0.2) is 0 Å². The lowest BCUT2D eigenvalue weighted by molar-refractivity contribution is -0.0175. The predicted octanol–water partition coefficient (Wildman–Crippen LogP) is 2.18. The van der Waals surface area contributed by atoms with Crippen LogP contribution in [0.1, 0.15) is 18.9 Å². The molecular formula is C13H19ClN2O2. The molecule has 18 heavy (non-hydrogen) atoms. The Kier molecular flexibility index (Phi) is 3.71. The van der Waals surface area contributed by atoms with Gasteiger partial charge in [-0.1, -0.05) is 11.6 Å². The van der Waals surface area contributed by atoms with Gasteiger partial charge in [0, 0.05) is 25.3 Å². The van der Waals surface area contributed by atoms with Gasteiger partial charge in [-0.2, -0.15) is 0 Å². The smallest absolute Gasteiger partial charge is 0.110 e. The molecule has 2 atom stereocenters. The molecule has 1 fully saturated rings.